The number of ether oxygens (including phenoxy) is 1. The summed E-state index contributed by atoms with van der Waals surface area (Å²) in [6.07, 6.45) is 2.52. The zero-order valence-corrected chi connectivity index (χ0v) is 10.9. The quantitative estimate of drug-likeness (QED) is 0.678. The number of hydrogen-bond acceptors (Lipinski definition) is 4. The first-order valence-corrected chi connectivity index (χ1v) is 6.38. The maximum atomic E-state index is 11.5. The van der Waals surface area contributed by atoms with Gasteiger partial charge in [0.2, 0.25) is 5.91 Å². The van der Waals surface area contributed by atoms with Crippen molar-refractivity contribution in [1.29, 1.82) is 0 Å². The van der Waals surface area contributed by atoms with E-state index < -0.39 is 6.04 Å². The second-order valence-corrected chi connectivity index (χ2v) is 4.88. The lowest BCUT2D eigenvalue weighted by atomic mass is 9.99. The standard InChI is InChI=1S/C12H25N3O2/c1-10-3-6-15(7-4-10)8-5-14-12(16)11(13)9-17-2/h10-11H,3-9,13H2,1-2H3,(H,14,16). The summed E-state index contributed by atoms with van der Waals surface area (Å²) in [7, 11) is 1.54. The van der Waals surface area contributed by atoms with Crippen molar-refractivity contribution in [3.63, 3.8) is 0 Å². The van der Waals surface area contributed by atoms with Gasteiger partial charge in [-0.25, -0.2) is 0 Å². The van der Waals surface area contributed by atoms with Gasteiger partial charge >= 0.3 is 0 Å². The number of likely N-dealkylation sites (tertiary alicyclic amines) is 1. The first-order chi connectivity index (χ1) is 8.13. The average Bonchev–Trinajstić information content (AvgIpc) is 2.32. The van der Waals surface area contributed by atoms with Crippen molar-refractivity contribution in [2.75, 3.05) is 39.9 Å². The monoisotopic (exact) mass is 243 g/mol. The topological polar surface area (TPSA) is 67.6 Å². The molecule has 1 aliphatic heterocycles. The number of nitrogens with one attached hydrogen (secondary N) is 1. The van der Waals surface area contributed by atoms with Crippen LogP contribution in [0.1, 0.15) is 19.8 Å². The van der Waals surface area contributed by atoms with Crippen molar-refractivity contribution in [3.8, 4) is 0 Å². The molecule has 1 aliphatic rings. The number of nitrogens with zero attached hydrogens (tertiary/aromatic N) is 1. The highest BCUT2D eigenvalue weighted by atomic mass is 16.5. The average molecular weight is 243 g/mol. The van der Waals surface area contributed by atoms with E-state index in [2.05, 4.69) is 17.1 Å². The van der Waals surface area contributed by atoms with E-state index in [0.717, 1.165) is 25.6 Å². The predicted octanol–water partition coefficient (Wildman–Crippen LogP) is -0.192. The number of methoxy groups -OCH3 is 1. The summed E-state index contributed by atoms with van der Waals surface area (Å²) in [5.74, 6) is 0.716. The molecule has 1 heterocycles. The Morgan fingerprint density at radius 3 is 2.76 bits per heavy atom. The molecule has 0 spiro atoms. The largest absolute Gasteiger partial charge is 0.383 e. The molecule has 17 heavy (non-hydrogen) atoms. The molecule has 1 atom stereocenters. The van der Waals surface area contributed by atoms with Gasteiger partial charge in [-0.05, 0) is 31.8 Å². The predicted molar refractivity (Wildman–Crippen MR) is 67.7 cm³/mol. The van der Waals surface area contributed by atoms with Crippen LogP contribution in [0.5, 0.6) is 0 Å². The van der Waals surface area contributed by atoms with Crippen molar-refractivity contribution in [1.82, 2.24) is 10.2 Å². The fourth-order valence-corrected chi connectivity index (χ4v) is 2.01. The Bertz CT molecular complexity index is 228. The first-order valence-electron chi connectivity index (χ1n) is 6.38. The number of rotatable bonds is 6. The Hall–Kier alpha value is -0.650. The van der Waals surface area contributed by atoms with Crippen LogP contribution in [0.4, 0.5) is 0 Å². The van der Waals surface area contributed by atoms with Crippen molar-refractivity contribution in [2.24, 2.45) is 11.7 Å². The minimum absolute atomic E-state index is 0.128. The molecule has 5 heteroatoms. The van der Waals surface area contributed by atoms with Crippen LogP contribution in [-0.2, 0) is 9.53 Å². The molecule has 0 radical (unpaired) electrons. The Balaban J connectivity index is 2.09. The molecule has 1 fully saturated rings. The molecule has 3 N–H and O–H groups in total. The summed E-state index contributed by atoms with van der Waals surface area (Å²) >= 11 is 0. The van der Waals surface area contributed by atoms with Crippen molar-refractivity contribution in [2.45, 2.75) is 25.8 Å². The van der Waals surface area contributed by atoms with Crippen molar-refractivity contribution < 1.29 is 9.53 Å². The van der Waals surface area contributed by atoms with Gasteiger partial charge in [0, 0.05) is 20.2 Å². The molecule has 1 amide bonds. The summed E-state index contributed by atoms with van der Waals surface area (Å²) in [5, 5.41) is 2.84. The number of carbonyl (C=O) groups is 1. The molecule has 0 aliphatic carbocycles. The van der Waals surface area contributed by atoms with E-state index in [1.807, 2.05) is 0 Å². The SMILES string of the molecule is COCC(N)C(=O)NCCN1CCC(C)CC1. The van der Waals surface area contributed by atoms with E-state index >= 15 is 0 Å². The van der Waals surface area contributed by atoms with E-state index in [4.69, 9.17) is 10.5 Å². The van der Waals surface area contributed by atoms with E-state index in [1.54, 1.807) is 7.11 Å². The maximum absolute atomic E-state index is 11.5. The van der Waals surface area contributed by atoms with Crippen LogP contribution in [0, 0.1) is 5.92 Å². The van der Waals surface area contributed by atoms with E-state index in [-0.39, 0.29) is 12.5 Å². The van der Waals surface area contributed by atoms with Crippen LogP contribution < -0.4 is 11.1 Å². The Morgan fingerprint density at radius 2 is 2.18 bits per heavy atom. The minimum Gasteiger partial charge on any atom is -0.383 e. The van der Waals surface area contributed by atoms with Gasteiger partial charge < -0.3 is 20.7 Å². The van der Waals surface area contributed by atoms with Gasteiger partial charge in [0.15, 0.2) is 0 Å². The Kier molecular flexibility index (Phi) is 6.47. The summed E-state index contributed by atoms with van der Waals surface area (Å²) in [6.45, 7) is 6.43. The first kappa shape index (κ1) is 14.4. The zero-order chi connectivity index (χ0) is 12.7. The lowest BCUT2D eigenvalue weighted by Gasteiger charge is -2.30. The van der Waals surface area contributed by atoms with Gasteiger partial charge in [0.05, 0.1) is 6.61 Å². The second-order valence-electron chi connectivity index (χ2n) is 4.88. The molecule has 0 aromatic rings. The van der Waals surface area contributed by atoms with E-state index in [1.165, 1.54) is 12.8 Å². The molecule has 0 bridgehead atoms. The normalized spacial score (nSPS) is 20.2. The van der Waals surface area contributed by atoms with Crippen LogP contribution in [0.25, 0.3) is 0 Å². The van der Waals surface area contributed by atoms with Gasteiger partial charge in [0.25, 0.3) is 0 Å². The van der Waals surface area contributed by atoms with Crippen LogP contribution in [0.3, 0.4) is 0 Å². The van der Waals surface area contributed by atoms with Gasteiger partial charge in [0.1, 0.15) is 6.04 Å². The molecule has 1 unspecified atom stereocenters. The third kappa shape index (κ3) is 5.48. The number of carbonyl (C=O) groups excluding carboxylic acids is 1. The third-order valence-electron chi connectivity index (χ3n) is 3.29. The van der Waals surface area contributed by atoms with Crippen molar-refractivity contribution in [3.05, 3.63) is 0 Å². The Morgan fingerprint density at radius 1 is 1.53 bits per heavy atom. The summed E-state index contributed by atoms with van der Waals surface area (Å²) in [5.41, 5.74) is 5.61. The molecule has 0 saturated carbocycles. The molecule has 0 aromatic heterocycles. The highest BCUT2D eigenvalue weighted by molar-refractivity contribution is 5.81. The molecule has 0 aromatic carbocycles. The molecule has 5 nitrogen and oxygen atoms in total. The van der Waals surface area contributed by atoms with Crippen molar-refractivity contribution >= 4 is 5.91 Å². The molecule has 1 rings (SSSR count). The molecule has 1 saturated heterocycles. The molecular weight excluding hydrogens is 218 g/mol. The molecular formula is C12H25N3O2. The number of amides is 1. The van der Waals surface area contributed by atoms with Crippen LogP contribution in [0.2, 0.25) is 0 Å². The summed E-state index contributed by atoms with van der Waals surface area (Å²) in [6, 6.07) is -0.554. The van der Waals surface area contributed by atoms with Crippen LogP contribution in [-0.4, -0.2) is 56.7 Å². The lowest BCUT2D eigenvalue weighted by molar-refractivity contribution is -0.123. The van der Waals surface area contributed by atoms with Crippen LogP contribution in [0.15, 0.2) is 0 Å². The number of nitrogens with two attached hydrogens (primary N) is 1. The van der Waals surface area contributed by atoms with E-state index in [9.17, 15) is 4.79 Å². The number of hydrogen-bond donors (Lipinski definition) is 2. The zero-order valence-electron chi connectivity index (χ0n) is 10.9. The highest BCUT2D eigenvalue weighted by Crippen LogP contribution is 2.14. The van der Waals surface area contributed by atoms with Gasteiger partial charge in [-0.15, -0.1) is 0 Å². The van der Waals surface area contributed by atoms with Gasteiger partial charge in [-0.2, -0.15) is 0 Å². The highest BCUT2D eigenvalue weighted by Gasteiger charge is 2.16. The smallest absolute Gasteiger partial charge is 0.239 e. The van der Waals surface area contributed by atoms with Gasteiger partial charge in [-0.1, -0.05) is 6.92 Å². The minimum atomic E-state index is -0.554. The molecule has 100 valence electrons. The van der Waals surface area contributed by atoms with Crippen LogP contribution >= 0.6 is 0 Å². The summed E-state index contributed by atoms with van der Waals surface area (Å²) in [4.78, 5) is 13.9. The third-order valence-corrected chi connectivity index (χ3v) is 3.29. The maximum Gasteiger partial charge on any atom is 0.239 e. The Labute approximate surface area is 104 Å². The fourth-order valence-electron chi connectivity index (χ4n) is 2.01. The number of piperidine rings is 1. The fraction of sp³-hybridized carbons (Fsp3) is 0.917. The van der Waals surface area contributed by atoms with E-state index in [0.29, 0.717) is 6.54 Å². The van der Waals surface area contributed by atoms with Gasteiger partial charge in [-0.3, -0.25) is 4.79 Å². The lowest BCUT2D eigenvalue weighted by Crippen LogP contribution is -2.46. The second kappa shape index (κ2) is 7.63. The summed E-state index contributed by atoms with van der Waals surface area (Å²) < 4.78 is 4.84.